The van der Waals surface area contributed by atoms with Crippen molar-refractivity contribution in [2.24, 2.45) is 0 Å². The number of benzene rings is 1. The lowest BCUT2D eigenvalue weighted by atomic mass is 9.95. The van der Waals surface area contributed by atoms with E-state index < -0.39 is 5.97 Å². The molecule has 0 saturated heterocycles. The Hall–Kier alpha value is -2.27. The van der Waals surface area contributed by atoms with Gasteiger partial charge in [0.25, 0.3) is 0 Å². The van der Waals surface area contributed by atoms with Gasteiger partial charge in [0, 0.05) is 12.2 Å². The van der Waals surface area contributed by atoms with Crippen LogP contribution in [0.4, 0.5) is 0 Å². The second-order valence-corrected chi connectivity index (χ2v) is 6.82. The van der Waals surface area contributed by atoms with Gasteiger partial charge in [0.1, 0.15) is 17.1 Å². The molecule has 0 aliphatic rings. The van der Waals surface area contributed by atoms with Gasteiger partial charge in [-0.15, -0.1) is 0 Å². The molecule has 5 heteroatoms. The van der Waals surface area contributed by atoms with E-state index in [0.717, 1.165) is 18.4 Å². The molecule has 1 aromatic carbocycles. The Morgan fingerprint density at radius 2 is 1.81 bits per heavy atom. The molecular formula is C21H30O5. The van der Waals surface area contributed by atoms with Crippen LogP contribution in [0.1, 0.15) is 67.9 Å². The van der Waals surface area contributed by atoms with Crippen molar-refractivity contribution >= 4 is 5.97 Å². The summed E-state index contributed by atoms with van der Waals surface area (Å²) in [5.74, 6) is -1.68. The van der Waals surface area contributed by atoms with Crippen molar-refractivity contribution in [3.8, 4) is 11.5 Å². The number of hydrogen-bond donors (Lipinski definition) is 4. The number of allylic oxidation sites excluding steroid dienone is 4. The second-order valence-electron chi connectivity index (χ2n) is 6.82. The Bertz CT molecular complexity index is 682. The van der Waals surface area contributed by atoms with E-state index in [9.17, 15) is 20.1 Å². The van der Waals surface area contributed by atoms with Crippen molar-refractivity contribution in [2.75, 3.05) is 6.61 Å². The average molecular weight is 362 g/mol. The van der Waals surface area contributed by atoms with Crippen molar-refractivity contribution in [1.82, 2.24) is 0 Å². The lowest BCUT2D eigenvalue weighted by molar-refractivity contribution is 0.0692. The van der Waals surface area contributed by atoms with E-state index >= 15 is 0 Å². The molecule has 0 bridgehead atoms. The van der Waals surface area contributed by atoms with Gasteiger partial charge in [-0.1, -0.05) is 23.3 Å². The van der Waals surface area contributed by atoms with Crippen LogP contribution in [0.15, 0.2) is 29.4 Å². The quantitative estimate of drug-likeness (QED) is 0.366. The lowest BCUT2D eigenvalue weighted by Gasteiger charge is -2.14. The third-order valence-corrected chi connectivity index (χ3v) is 4.28. The first-order chi connectivity index (χ1) is 12.3. The van der Waals surface area contributed by atoms with E-state index in [2.05, 4.69) is 6.08 Å². The average Bonchev–Trinajstić information content (AvgIpc) is 2.53. The SMILES string of the molecule is CC(C)=CCCC(C)=CCc1c(O)cc(CCCCO)c(C(=O)O)c1O. The van der Waals surface area contributed by atoms with Gasteiger partial charge in [-0.25, -0.2) is 4.79 Å². The Labute approximate surface area is 155 Å². The normalized spacial score (nSPS) is 11.5. The van der Waals surface area contributed by atoms with E-state index in [0.29, 0.717) is 24.8 Å². The number of aromatic carboxylic acids is 1. The number of phenolic OH excluding ortho intramolecular Hbond substituents is 1. The zero-order chi connectivity index (χ0) is 19.7. The van der Waals surface area contributed by atoms with Crippen LogP contribution in [0.25, 0.3) is 0 Å². The van der Waals surface area contributed by atoms with Gasteiger partial charge in [-0.3, -0.25) is 0 Å². The van der Waals surface area contributed by atoms with Crippen LogP contribution in [0.2, 0.25) is 0 Å². The molecule has 0 aliphatic carbocycles. The summed E-state index contributed by atoms with van der Waals surface area (Å²) in [6, 6.07) is 1.42. The van der Waals surface area contributed by atoms with Crippen LogP contribution < -0.4 is 0 Å². The summed E-state index contributed by atoms with van der Waals surface area (Å²) in [6.07, 6.45) is 7.62. The smallest absolute Gasteiger partial charge is 0.339 e. The summed E-state index contributed by atoms with van der Waals surface area (Å²) in [5.41, 5.74) is 2.83. The van der Waals surface area contributed by atoms with Crippen LogP contribution in [0.3, 0.4) is 0 Å². The molecule has 0 saturated carbocycles. The molecule has 0 spiro atoms. The van der Waals surface area contributed by atoms with E-state index in [4.69, 9.17) is 5.11 Å². The number of aryl methyl sites for hydroxylation is 1. The number of carboxylic acids is 1. The highest BCUT2D eigenvalue weighted by Gasteiger charge is 2.21. The number of unbranched alkanes of at least 4 members (excludes halogenated alkanes) is 1. The van der Waals surface area contributed by atoms with Gasteiger partial charge in [-0.05, 0) is 70.9 Å². The molecule has 5 nitrogen and oxygen atoms in total. The summed E-state index contributed by atoms with van der Waals surface area (Å²) in [5, 5.41) is 39.0. The number of hydrogen-bond acceptors (Lipinski definition) is 4. The van der Waals surface area contributed by atoms with Crippen molar-refractivity contribution in [3.05, 3.63) is 46.1 Å². The highest BCUT2D eigenvalue weighted by molar-refractivity contribution is 5.93. The minimum Gasteiger partial charge on any atom is -0.508 e. The van der Waals surface area contributed by atoms with Gasteiger partial charge in [0.2, 0.25) is 0 Å². The minimum absolute atomic E-state index is 0.0231. The maximum atomic E-state index is 11.6. The van der Waals surface area contributed by atoms with Gasteiger partial charge in [-0.2, -0.15) is 0 Å². The monoisotopic (exact) mass is 362 g/mol. The molecule has 0 atom stereocenters. The molecule has 0 fully saturated rings. The largest absolute Gasteiger partial charge is 0.508 e. The van der Waals surface area contributed by atoms with Gasteiger partial charge in [0.05, 0.1) is 0 Å². The molecular weight excluding hydrogens is 332 g/mol. The predicted molar refractivity (Wildman–Crippen MR) is 103 cm³/mol. The van der Waals surface area contributed by atoms with E-state index in [-0.39, 0.29) is 35.7 Å². The van der Waals surface area contributed by atoms with Crippen molar-refractivity contribution < 1.29 is 25.2 Å². The highest BCUT2D eigenvalue weighted by atomic mass is 16.4. The number of aromatic hydroxyl groups is 2. The number of rotatable bonds is 10. The van der Waals surface area contributed by atoms with Crippen molar-refractivity contribution in [3.63, 3.8) is 0 Å². The van der Waals surface area contributed by atoms with Crippen molar-refractivity contribution in [1.29, 1.82) is 0 Å². The highest BCUT2D eigenvalue weighted by Crippen LogP contribution is 2.35. The molecule has 0 aliphatic heterocycles. The van der Waals surface area contributed by atoms with Crippen LogP contribution >= 0.6 is 0 Å². The zero-order valence-corrected chi connectivity index (χ0v) is 15.9. The first-order valence-corrected chi connectivity index (χ1v) is 8.97. The third kappa shape index (κ3) is 6.56. The maximum Gasteiger partial charge on any atom is 0.339 e. The third-order valence-electron chi connectivity index (χ3n) is 4.28. The van der Waals surface area contributed by atoms with E-state index in [1.54, 1.807) is 0 Å². The van der Waals surface area contributed by atoms with Crippen LogP contribution in [0.5, 0.6) is 11.5 Å². The maximum absolute atomic E-state index is 11.6. The number of phenols is 2. The lowest BCUT2D eigenvalue weighted by Crippen LogP contribution is -2.06. The summed E-state index contributed by atoms with van der Waals surface area (Å²) >= 11 is 0. The summed E-state index contributed by atoms with van der Waals surface area (Å²) in [4.78, 5) is 11.6. The fourth-order valence-electron chi connectivity index (χ4n) is 2.78. The minimum atomic E-state index is -1.22. The van der Waals surface area contributed by atoms with Crippen LogP contribution in [-0.4, -0.2) is 33.0 Å². The second kappa shape index (κ2) is 10.7. The Kier molecular flexibility index (Phi) is 8.93. The van der Waals surface area contributed by atoms with E-state index in [1.165, 1.54) is 11.6 Å². The molecule has 4 N–H and O–H groups in total. The zero-order valence-electron chi connectivity index (χ0n) is 15.9. The molecule has 1 rings (SSSR count). The van der Waals surface area contributed by atoms with Crippen molar-refractivity contribution in [2.45, 2.75) is 59.3 Å². The number of carboxylic acid groups (broad SMARTS) is 1. The van der Waals surface area contributed by atoms with Gasteiger partial charge >= 0.3 is 5.97 Å². The Morgan fingerprint density at radius 3 is 2.38 bits per heavy atom. The fraction of sp³-hybridized carbons (Fsp3) is 0.476. The van der Waals surface area contributed by atoms with Crippen LogP contribution in [0, 0.1) is 0 Å². The molecule has 0 unspecified atom stereocenters. The van der Waals surface area contributed by atoms with Gasteiger partial charge < -0.3 is 20.4 Å². The fourth-order valence-corrected chi connectivity index (χ4v) is 2.78. The molecule has 0 aromatic heterocycles. The van der Waals surface area contributed by atoms with E-state index in [1.807, 2.05) is 26.8 Å². The predicted octanol–water partition coefficient (Wildman–Crippen LogP) is 4.35. The standard InChI is InChI=1S/C21H30O5/c1-14(2)7-6-8-15(3)10-11-17-18(23)13-16(9-4-5-12-22)19(20(17)24)21(25)26/h7,10,13,22-24H,4-6,8-9,11-12H2,1-3H3,(H,25,26). The van der Waals surface area contributed by atoms with Gasteiger partial charge in [0.15, 0.2) is 0 Å². The number of carbonyl (C=O) groups is 1. The topological polar surface area (TPSA) is 98.0 Å². The Balaban J connectivity index is 3.03. The Morgan fingerprint density at radius 1 is 1.12 bits per heavy atom. The molecule has 0 amide bonds. The summed E-state index contributed by atoms with van der Waals surface area (Å²) < 4.78 is 0. The molecule has 26 heavy (non-hydrogen) atoms. The number of aliphatic hydroxyl groups excluding tert-OH is 1. The van der Waals surface area contributed by atoms with Crippen LogP contribution in [-0.2, 0) is 12.8 Å². The summed E-state index contributed by atoms with van der Waals surface area (Å²) in [7, 11) is 0. The molecule has 0 radical (unpaired) electrons. The molecule has 144 valence electrons. The summed E-state index contributed by atoms with van der Waals surface area (Å²) in [6.45, 7) is 6.10. The number of aliphatic hydroxyl groups is 1. The molecule has 0 heterocycles. The first-order valence-electron chi connectivity index (χ1n) is 8.97. The first kappa shape index (κ1) is 21.8. The molecule has 1 aromatic rings.